The van der Waals surface area contributed by atoms with E-state index >= 15 is 0 Å². The average molecular weight is 260 g/mol. The summed E-state index contributed by atoms with van der Waals surface area (Å²) in [6.45, 7) is 0. The van der Waals surface area contributed by atoms with Crippen molar-refractivity contribution in [1.82, 2.24) is 0 Å². The van der Waals surface area contributed by atoms with E-state index in [0.717, 1.165) is 6.07 Å². The molecule has 0 unspecified atom stereocenters. The van der Waals surface area contributed by atoms with Gasteiger partial charge in [0.25, 0.3) is 11.5 Å². The van der Waals surface area contributed by atoms with Crippen LogP contribution in [0.25, 0.3) is 0 Å². The number of aliphatic hydroxyl groups is 1. The summed E-state index contributed by atoms with van der Waals surface area (Å²) in [6, 6.07) is 3.91. The van der Waals surface area contributed by atoms with E-state index in [1.54, 1.807) is 19.0 Å². The number of anilines is 2. The minimum atomic E-state index is -5.05. The van der Waals surface area contributed by atoms with Gasteiger partial charge in [0, 0.05) is 31.0 Å². The Bertz CT molecular complexity index is 514. The van der Waals surface area contributed by atoms with Crippen LogP contribution in [0, 0.1) is 0 Å². The van der Waals surface area contributed by atoms with Crippen molar-refractivity contribution >= 4 is 17.3 Å². The summed E-state index contributed by atoms with van der Waals surface area (Å²) in [6.07, 6.45) is -5.05. The number of carbonyl (C=O) groups is 1. The highest BCUT2D eigenvalue weighted by molar-refractivity contribution is 6.06. The molecule has 98 valence electrons. The van der Waals surface area contributed by atoms with Crippen LogP contribution >= 0.6 is 0 Å². The topological polar surface area (TPSA) is 52.6 Å². The van der Waals surface area contributed by atoms with Crippen molar-refractivity contribution in [2.24, 2.45) is 0 Å². The van der Waals surface area contributed by atoms with Crippen molar-refractivity contribution in [3.8, 4) is 0 Å². The highest BCUT2D eigenvalue weighted by Gasteiger charge is 2.64. The van der Waals surface area contributed by atoms with Crippen molar-refractivity contribution < 1.29 is 23.1 Å². The molecule has 1 aliphatic rings. The van der Waals surface area contributed by atoms with E-state index in [1.165, 1.54) is 12.1 Å². The third-order valence-corrected chi connectivity index (χ3v) is 2.90. The summed E-state index contributed by atoms with van der Waals surface area (Å²) in [5.41, 5.74) is -3.33. The summed E-state index contributed by atoms with van der Waals surface area (Å²) in [4.78, 5) is 13.1. The summed E-state index contributed by atoms with van der Waals surface area (Å²) in [5, 5.41) is 11.7. The van der Waals surface area contributed by atoms with Crippen LogP contribution in [0.2, 0.25) is 0 Å². The molecule has 1 aliphatic heterocycles. The molecule has 1 aromatic carbocycles. The molecule has 4 nitrogen and oxygen atoms in total. The smallest absolute Gasteiger partial charge is 0.378 e. The van der Waals surface area contributed by atoms with Crippen LogP contribution in [0.1, 0.15) is 5.56 Å². The van der Waals surface area contributed by atoms with Gasteiger partial charge in [-0.3, -0.25) is 4.79 Å². The normalized spacial score (nSPS) is 22.7. The second-order valence-electron chi connectivity index (χ2n) is 4.29. The first-order chi connectivity index (χ1) is 8.18. The molecule has 1 heterocycles. The standard InChI is InChI=1S/C11H11F3N2O2/c1-16(2)6-3-4-7-8(5-6)15-9(17)10(7,18)11(12,13)14/h3-5,18H,1-2H3,(H,15,17)/t10-/m1/s1. The molecule has 0 saturated heterocycles. The third kappa shape index (κ3) is 1.54. The summed E-state index contributed by atoms with van der Waals surface area (Å²) < 4.78 is 38.4. The zero-order valence-corrected chi connectivity index (χ0v) is 9.67. The summed E-state index contributed by atoms with van der Waals surface area (Å²) >= 11 is 0. The number of nitrogens with zero attached hydrogens (tertiary/aromatic N) is 1. The molecule has 18 heavy (non-hydrogen) atoms. The van der Waals surface area contributed by atoms with Crippen molar-refractivity contribution in [2.45, 2.75) is 11.8 Å². The lowest BCUT2D eigenvalue weighted by atomic mass is 9.94. The molecular weight excluding hydrogens is 249 g/mol. The Morgan fingerprint density at radius 1 is 1.33 bits per heavy atom. The maximum Gasteiger partial charge on any atom is 0.430 e. The predicted octanol–water partition coefficient (Wildman–Crippen LogP) is 1.45. The number of hydrogen-bond donors (Lipinski definition) is 2. The number of amides is 1. The lowest BCUT2D eigenvalue weighted by molar-refractivity contribution is -0.252. The van der Waals surface area contributed by atoms with Gasteiger partial charge in [-0.2, -0.15) is 13.2 Å². The number of carbonyl (C=O) groups excluding carboxylic acids is 1. The molecule has 0 saturated carbocycles. The Balaban J connectivity index is 2.58. The van der Waals surface area contributed by atoms with Crippen LogP contribution in [0.5, 0.6) is 0 Å². The fraction of sp³-hybridized carbons (Fsp3) is 0.364. The van der Waals surface area contributed by atoms with E-state index in [2.05, 4.69) is 5.32 Å². The van der Waals surface area contributed by atoms with Gasteiger partial charge in [0.15, 0.2) is 0 Å². The first-order valence-corrected chi connectivity index (χ1v) is 5.10. The number of alkyl halides is 3. The third-order valence-electron chi connectivity index (χ3n) is 2.90. The van der Waals surface area contributed by atoms with Gasteiger partial charge in [0.05, 0.1) is 0 Å². The Hall–Kier alpha value is -1.76. The Kier molecular flexibility index (Phi) is 2.55. The van der Waals surface area contributed by atoms with Gasteiger partial charge in [-0.15, -0.1) is 0 Å². The molecule has 1 amide bonds. The molecule has 0 radical (unpaired) electrons. The first-order valence-electron chi connectivity index (χ1n) is 5.10. The molecule has 0 spiro atoms. The van der Waals surface area contributed by atoms with E-state index in [9.17, 15) is 23.1 Å². The van der Waals surface area contributed by atoms with Crippen LogP contribution < -0.4 is 10.2 Å². The molecule has 0 fully saturated rings. The quantitative estimate of drug-likeness (QED) is 0.803. The average Bonchev–Trinajstić information content (AvgIpc) is 2.51. The molecule has 1 aromatic rings. The number of benzene rings is 1. The molecule has 0 aliphatic carbocycles. The van der Waals surface area contributed by atoms with Crippen molar-refractivity contribution in [2.75, 3.05) is 24.3 Å². The number of nitrogens with one attached hydrogen (secondary N) is 1. The minimum Gasteiger partial charge on any atom is -0.378 e. The van der Waals surface area contributed by atoms with Gasteiger partial charge >= 0.3 is 6.18 Å². The fourth-order valence-corrected chi connectivity index (χ4v) is 1.85. The highest BCUT2D eigenvalue weighted by Crippen LogP contribution is 2.47. The Morgan fingerprint density at radius 2 is 1.94 bits per heavy atom. The number of rotatable bonds is 1. The summed E-state index contributed by atoms with van der Waals surface area (Å²) in [5.74, 6) is -1.47. The van der Waals surface area contributed by atoms with Crippen molar-refractivity contribution in [1.29, 1.82) is 0 Å². The predicted molar refractivity (Wildman–Crippen MR) is 59.4 cm³/mol. The molecule has 2 N–H and O–H groups in total. The van der Waals surface area contributed by atoms with E-state index in [0.29, 0.717) is 5.69 Å². The zero-order chi connectivity index (χ0) is 13.7. The fourth-order valence-electron chi connectivity index (χ4n) is 1.85. The van der Waals surface area contributed by atoms with Crippen LogP contribution in [-0.4, -0.2) is 31.3 Å². The highest BCUT2D eigenvalue weighted by atomic mass is 19.4. The van der Waals surface area contributed by atoms with E-state index in [1.807, 2.05) is 0 Å². The van der Waals surface area contributed by atoms with Crippen LogP contribution in [0.4, 0.5) is 24.5 Å². The van der Waals surface area contributed by atoms with Crippen molar-refractivity contribution in [3.63, 3.8) is 0 Å². The van der Waals surface area contributed by atoms with Gasteiger partial charge < -0.3 is 15.3 Å². The van der Waals surface area contributed by atoms with Gasteiger partial charge in [-0.1, -0.05) is 6.07 Å². The maximum atomic E-state index is 12.8. The number of hydrogen-bond acceptors (Lipinski definition) is 3. The first kappa shape index (κ1) is 12.7. The number of halogens is 3. The molecule has 0 bridgehead atoms. The number of fused-ring (bicyclic) bond motifs is 1. The second kappa shape index (κ2) is 3.61. The van der Waals surface area contributed by atoms with Gasteiger partial charge in [-0.05, 0) is 12.1 Å². The van der Waals surface area contributed by atoms with Gasteiger partial charge in [0.1, 0.15) is 0 Å². The lowest BCUT2D eigenvalue weighted by Gasteiger charge is -2.24. The second-order valence-corrected chi connectivity index (χ2v) is 4.29. The van der Waals surface area contributed by atoms with Crippen LogP contribution in [0.15, 0.2) is 18.2 Å². The molecular formula is C11H11F3N2O2. The van der Waals surface area contributed by atoms with Gasteiger partial charge in [-0.25, -0.2) is 0 Å². The Morgan fingerprint density at radius 3 is 2.44 bits per heavy atom. The zero-order valence-electron chi connectivity index (χ0n) is 9.67. The SMILES string of the molecule is CN(C)c1ccc2c(c1)NC(=O)[C@@]2(O)C(F)(F)F. The van der Waals surface area contributed by atoms with E-state index in [4.69, 9.17) is 0 Å². The maximum absolute atomic E-state index is 12.8. The van der Waals surface area contributed by atoms with E-state index < -0.39 is 23.2 Å². The monoisotopic (exact) mass is 260 g/mol. The molecule has 0 aromatic heterocycles. The van der Waals surface area contributed by atoms with Crippen LogP contribution in [0.3, 0.4) is 0 Å². The lowest BCUT2D eigenvalue weighted by Crippen LogP contribution is -2.47. The summed E-state index contributed by atoms with van der Waals surface area (Å²) in [7, 11) is 3.43. The molecule has 2 rings (SSSR count). The van der Waals surface area contributed by atoms with E-state index in [-0.39, 0.29) is 5.69 Å². The molecule has 1 atom stereocenters. The van der Waals surface area contributed by atoms with Gasteiger partial charge in [0.2, 0.25) is 0 Å². The van der Waals surface area contributed by atoms with Crippen LogP contribution in [-0.2, 0) is 10.4 Å². The van der Waals surface area contributed by atoms with Crippen molar-refractivity contribution in [3.05, 3.63) is 23.8 Å². The minimum absolute atomic E-state index is 0.0222. The molecule has 7 heteroatoms. The Labute approximate surface area is 101 Å². The largest absolute Gasteiger partial charge is 0.430 e.